The van der Waals surface area contributed by atoms with Crippen molar-refractivity contribution >= 4 is 5.78 Å². The van der Waals surface area contributed by atoms with Crippen LogP contribution in [0.4, 0.5) is 0 Å². The van der Waals surface area contributed by atoms with Gasteiger partial charge in [-0.1, -0.05) is 39.3 Å². The fourth-order valence-corrected chi connectivity index (χ4v) is 3.47. The Hall–Kier alpha value is -1.62. The Labute approximate surface area is 115 Å². The van der Waals surface area contributed by atoms with Crippen LogP contribution in [0.25, 0.3) is 0 Å². The highest BCUT2D eigenvalue weighted by Crippen LogP contribution is 2.45. The van der Waals surface area contributed by atoms with E-state index in [0.29, 0.717) is 11.5 Å². The molecule has 0 aliphatic heterocycles. The van der Waals surface area contributed by atoms with Gasteiger partial charge in [-0.2, -0.15) is 5.26 Å². The van der Waals surface area contributed by atoms with Gasteiger partial charge in [0.25, 0.3) is 0 Å². The van der Waals surface area contributed by atoms with E-state index in [4.69, 9.17) is 5.26 Å². The molecule has 19 heavy (non-hydrogen) atoms. The van der Waals surface area contributed by atoms with Gasteiger partial charge in [-0.15, -0.1) is 0 Å². The third-order valence-corrected chi connectivity index (χ3v) is 4.47. The number of hydrogen-bond acceptors (Lipinski definition) is 2. The lowest BCUT2D eigenvalue weighted by atomic mass is 9.62. The van der Waals surface area contributed by atoms with E-state index in [-0.39, 0.29) is 17.1 Å². The highest BCUT2D eigenvalue weighted by Gasteiger charge is 2.41. The van der Waals surface area contributed by atoms with Crippen molar-refractivity contribution in [2.24, 2.45) is 17.3 Å². The average Bonchev–Trinajstić information content (AvgIpc) is 2.37. The van der Waals surface area contributed by atoms with Crippen LogP contribution in [0.5, 0.6) is 0 Å². The molecular weight excluding hydrogens is 234 g/mol. The number of nitriles is 1. The van der Waals surface area contributed by atoms with Crippen LogP contribution >= 0.6 is 0 Å². The molecule has 2 heteroatoms. The fourth-order valence-electron chi connectivity index (χ4n) is 3.47. The molecule has 1 saturated carbocycles. The van der Waals surface area contributed by atoms with E-state index in [1.165, 1.54) is 6.42 Å². The van der Waals surface area contributed by atoms with Crippen molar-refractivity contribution in [2.45, 2.75) is 40.0 Å². The minimum absolute atomic E-state index is 0.0721. The van der Waals surface area contributed by atoms with Gasteiger partial charge in [0.1, 0.15) is 0 Å². The van der Waals surface area contributed by atoms with Crippen molar-refractivity contribution in [2.75, 3.05) is 0 Å². The summed E-state index contributed by atoms with van der Waals surface area (Å²) in [5.41, 5.74) is 1.42. The number of carbonyl (C=O) groups is 1. The Kier molecular flexibility index (Phi) is 3.75. The largest absolute Gasteiger partial charge is 0.294 e. The lowest BCUT2D eigenvalue weighted by Gasteiger charge is -2.41. The first-order valence-electron chi connectivity index (χ1n) is 7.00. The standard InChI is InChI=1S/C17H21NO/c1-12-5-4-10-17(2,3)15(12)16(19)14-8-6-13(11-18)7-9-14/h6-9,12,15H,4-5,10H2,1-3H3/t12-,15-/m0/s1. The van der Waals surface area contributed by atoms with Gasteiger partial charge in [-0.3, -0.25) is 4.79 Å². The van der Waals surface area contributed by atoms with Crippen LogP contribution in [0.2, 0.25) is 0 Å². The van der Waals surface area contributed by atoms with Crippen LogP contribution in [0.1, 0.15) is 56.0 Å². The molecule has 2 rings (SSSR count). The number of benzene rings is 1. The van der Waals surface area contributed by atoms with Crippen molar-refractivity contribution in [1.29, 1.82) is 5.26 Å². The maximum absolute atomic E-state index is 12.7. The Morgan fingerprint density at radius 1 is 1.32 bits per heavy atom. The number of carbonyl (C=O) groups excluding carboxylic acids is 1. The monoisotopic (exact) mass is 255 g/mol. The van der Waals surface area contributed by atoms with E-state index in [1.54, 1.807) is 24.3 Å². The summed E-state index contributed by atoms with van der Waals surface area (Å²) in [5.74, 6) is 0.766. The normalized spacial score (nSPS) is 25.6. The molecule has 0 heterocycles. The number of Topliss-reactive ketones (excluding diaryl/α,β-unsaturated/α-hetero) is 1. The Morgan fingerprint density at radius 3 is 2.47 bits per heavy atom. The number of ketones is 1. The minimum Gasteiger partial charge on any atom is -0.294 e. The van der Waals surface area contributed by atoms with Gasteiger partial charge in [-0.05, 0) is 36.3 Å². The van der Waals surface area contributed by atoms with Crippen molar-refractivity contribution in [1.82, 2.24) is 0 Å². The van der Waals surface area contributed by atoms with Crippen molar-refractivity contribution in [3.05, 3.63) is 35.4 Å². The van der Waals surface area contributed by atoms with E-state index in [0.717, 1.165) is 18.4 Å². The lowest BCUT2D eigenvalue weighted by molar-refractivity contribution is 0.0539. The Morgan fingerprint density at radius 2 is 1.95 bits per heavy atom. The maximum Gasteiger partial charge on any atom is 0.166 e. The Balaban J connectivity index is 2.28. The topological polar surface area (TPSA) is 40.9 Å². The Bertz CT molecular complexity index is 507. The van der Waals surface area contributed by atoms with Crippen LogP contribution in [0.15, 0.2) is 24.3 Å². The van der Waals surface area contributed by atoms with E-state index in [2.05, 4.69) is 26.8 Å². The quantitative estimate of drug-likeness (QED) is 0.743. The molecule has 0 N–H and O–H groups in total. The van der Waals surface area contributed by atoms with Gasteiger partial charge in [0.2, 0.25) is 0 Å². The maximum atomic E-state index is 12.7. The van der Waals surface area contributed by atoms with Crippen LogP contribution < -0.4 is 0 Å². The van der Waals surface area contributed by atoms with E-state index >= 15 is 0 Å². The zero-order valence-corrected chi connectivity index (χ0v) is 11.9. The molecule has 2 atom stereocenters. The zero-order valence-electron chi connectivity index (χ0n) is 11.9. The summed E-state index contributed by atoms with van der Waals surface area (Å²) in [4.78, 5) is 12.7. The molecule has 0 radical (unpaired) electrons. The molecule has 0 saturated heterocycles. The van der Waals surface area contributed by atoms with Crippen molar-refractivity contribution in [3.63, 3.8) is 0 Å². The van der Waals surface area contributed by atoms with Crippen LogP contribution in [0, 0.1) is 28.6 Å². The SMILES string of the molecule is C[C@H]1CCCC(C)(C)[C@@H]1C(=O)c1ccc(C#N)cc1. The molecule has 100 valence electrons. The molecule has 0 spiro atoms. The molecule has 2 nitrogen and oxygen atoms in total. The first-order valence-corrected chi connectivity index (χ1v) is 7.00. The highest BCUT2D eigenvalue weighted by atomic mass is 16.1. The summed E-state index contributed by atoms with van der Waals surface area (Å²) in [6.45, 7) is 6.59. The molecular formula is C17H21NO. The van der Waals surface area contributed by atoms with Crippen LogP contribution in [0.3, 0.4) is 0 Å². The second kappa shape index (κ2) is 5.17. The summed E-state index contributed by atoms with van der Waals surface area (Å²) in [6, 6.07) is 9.13. The average molecular weight is 255 g/mol. The molecule has 0 bridgehead atoms. The summed E-state index contributed by atoms with van der Waals surface area (Å²) in [5, 5.41) is 8.81. The first kappa shape index (κ1) is 13.8. The van der Waals surface area contributed by atoms with Gasteiger partial charge < -0.3 is 0 Å². The van der Waals surface area contributed by atoms with E-state index < -0.39 is 0 Å². The van der Waals surface area contributed by atoms with Crippen molar-refractivity contribution < 1.29 is 4.79 Å². The van der Waals surface area contributed by atoms with E-state index in [9.17, 15) is 4.79 Å². The second-order valence-corrected chi connectivity index (χ2v) is 6.39. The summed E-state index contributed by atoms with van der Waals surface area (Å²) >= 11 is 0. The fraction of sp³-hybridized carbons (Fsp3) is 0.529. The molecule has 1 aromatic rings. The minimum atomic E-state index is 0.0721. The first-order chi connectivity index (χ1) is 8.95. The second-order valence-electron chi connectivity index (χ2n) is 6.39. The van der Waals surface area contributed by atoms with Gasteiger partial charge in [0.15, 0.2) is 5.78 Å². The predicted molar refractivity (Wildman–Crippen MR) is 75.8 cm³/mol. The molecule has 1 aliphatic rings. The summed E-state index contributed by atoms with van der Waals surface area (Å²) in [7, 11) is 0. The highest BCUT2D eigenvalue weighted by molar-refractivity contribution is 5.98. The molecule has 0 unspecified atom stereocenters. The third-order valence-electron chi connectivity index (χ3n) is 4.47. The molecule has 0 aromatic heterocycles. The van der Waals surface area contributed by atoms with Gasteiger partial charge in [0.05, 0.1) is 11.6 Å². The van der Waals surface area contributed by atoms with Crippen LogP contribution in [-0.2, 0) is 0 Å². The third kappa shape index (κ3) is 2.71. The van der Waals surface area contributed by atoms with Crippen molar-refractivity contribution in [3.8, 4) is 6.07 Å². The lowest BCUT2D eigenvalue weighted by Crippen LogP contribution is -2.39. The van der Waals surface area contributed by atoms with Gasteiger partial charge >= 0.3 is 0 Å². The van der Waals surface area contributed by atoms with Gasteiger partial charge in [0, 0.05) is 11.5 Å². The molecule has 1 fully saturated rings. The summed E-state index contributed by atoms with van der Waals surface area (Å²) in [6.07, 6.45) is 3.46. The predicted octanol–water partition coefficient (Wildman–Crippen LogP) is 4.20. The molecule has 1 aromatic carbocycles. The van der Waals surface area contributed by atoms with Gasteiger partial charge in [-0.25, -0.2) is 0 Å². The zero-order chi connectivity index (χ0) is 14.0. The number of hydrogen-bond donors (Lipinski definition) is 0. The number of rotatable bonds is 2. The smallest absolute Gasteiger partial charge is 0.166 e. The molecule has 1 aliphatic carbocycles. The van der Waals surface area contributed by atoms with E-state index in [1.807, 2.05) is 0 Å². The number of nitrogens with zero attached hydrogens (tertiary/aromatic N) is 1. The molecule has 0 amide bonds. The summed E-state index contributed by atoms with van der Waals surface area (Å²) < 4.78 is 0. The van der Waals surface area contributed by atoms with Crippen LogP contribution in [-0.4, -0.2) is 5.78 Å².